The van der Waals surface area contributed by atoms with E-state index in [1.54, 1.807) is 59.7 Å². The Hall–Kier alpha value is -3.56. The smallest absolute Gasteiger partial charge is 0.420 e. The standard InChI is InChI=1S/C24H33NO9/c1-23(2,3)33-21(29)25(22(30)34-24(4,5)6)14-17-12-18(31-7)10-9-15(17)11-16(13-19(26)27)20(28)32-8/h9-12H,13-14H2,1-8H3,(H,26,27). The van der Waals surface area contributed by atoms with Gasteiger partial charge < -0.3 is 24.1 Å². The molecule has 0 spiro atoms. The number of esters is 1. The molecule has 2 amide bonds. The van der Waals surface area contributed by atoms with Gasteiger partial charge in [0.05, 0.1) is 27.2 Å². The molecule has 0 bridgehead atoms. The van der Waals surface area contributed by atoms with Crippen molar-refractivity contribution < 1.29 is 43.2 Å². The van der Waals surface area contributed by atoms with Gasteiger partial charge in [0.15, 0.2) is 0 Å². The number of nitrogens with zero attached hydrogens (tertiary/aromatic N) is 1. The van der Waals surface area contributed by atoms with E-state index in [0.29, 0.717) is 16.9 Å². The largest absolute Gasteiger partial charge is 0.497 e. The first-order valence-corrected chi connectivity index (χ1v) is 10.5. The van der Waals surface area contributed by atoms with E-state index >= 15 is 0 Å². The Morgan fingerprint density at radius 2 is 1.47 bits per heavy atom. The van der Waals surface area contributed by atoms with Gasteiger partial charge in [-0.05, 0) is 70.9 Å². The van der Waals surface area contributed by atoms with Crippen LogP contribution in [0, 0.1) is 0 Å². The van der Waals surface area contributed by atoms with Crippen molar-refractivity contribution in [3.63, 3.8) is 0 Å². The number of carbonyl (C=O) groups is 4. The van der Waals surface area contributed by atoms with Crippen molar-refractivity contribution in [2.24, 2.45) is 0 Å². The predicted molar refractivity (Wildman–Crippen MR) is 123 cm³/mol. The summed E-state index contributed by atoms with van der Waals surface area (Å²) in [6, 6.07) is 4.72. The highest BCUT2D eigenvalue weighted by Crippen LogP contribution is 2.25. The molecule has 10 heteroatoms. The van der Waals surface area contributed by atoms with Crippen LogP contribution in [0.3, 0.4) is 0 Å². The minimum absolute atomic E-state index is 0.123. The Balaban J connectivity index is 3.56. The summed E-state index contributed by atoms with van der Waals surface area (Å²) in [5, 5.41) is 9.17. The van der Waals surface area contributed by atoms with Crippen LogP contribution in [0.15, 0.2) is 23.8 Å². The van der Waals surface area contributed by atoms with Crippen LogP contribution in [0.4, 0.5) is 9.59 Å². The van der Waals surface area contributed by atoms with Crippen molar-refractivity contribution in [3.8, 4) is 5.75 Å². The van der Waals surface area contributed by atoms with Crippen LogP contribution < -0.4 is 4.74 Å². The molecule has 1 rings (SSSR count). The third-order valence-electron chi connectivity index (χ3n) is 4.03. The van der Waals surface area contributed by atoms with Crippen molar-refractivity contribution >= 4 is 30.2 Å². The van der Waals surface area contributed by atoms with Crippen LogP contribution in [0.1, 0.15) is 59.1 Å². The fourth-order valence-corrected chi connectivity index (χ4v) is 2.66. The molecule has 0 aliphatic heterocycles. The number of hydrogen-bond donors (Lipinski definition) is 1. The van der Waals surface area contributed by atoms with Crippen LogP contribution in [0.2, 0.25) is 0 Å². The Labute approximate surface area is 199 Å². The maximum Gasteiger partial charge on any atom is 0.420 e. The second kappa shape index (κ2) is 11.5. The van der Waals surface area contributed by atoms with E-state index in [1.165, 1.54) is 13.2 Å². The molecule has 0 saturated carbocycles. The maximum absolute atomic E-state index is 12.9. The van der Waals surface area contributed by atoms with Crippen molar-refractivity contribution in [3.05, 3.63) is 34.9 Å². The number of carbonyl (C=O) groups excluding carboxylic acids is 3. The van der Waals surface area contributed by atoms with Gasteiger partial charge in [-0.1, -0.05) is 6.07 Å². The second-order valence-electron chi connectivity index (χ2n) is 9.34. The summed E-state index contributed by atoms with van der Waals surface area (Å²) in [6.45, 7) is 9.66. The number of amides is 2. The topological polar surface area (TPSA) is 129 Å². The van der Waals surface area contributed by atoms with Gasteiger partial charge in [-0.3, -0.25) is 4.79 Å². The van der Waals surface area contributed by atoms with E-state index in [0.717, 1.165) is 12.0 Å². The first-order valence-electron chi connectivity index (χ1n) is 10.5. The van der Waals surface area contributed by atoms with E-state index in [4.69, 9.17) is 19.3 Å². The summed E-state index contributed by atoms with van der Waals surface area (Å²) in [7, 11) is 2.58. The highest BCUT2D eigenvalue weighted by Gasteiger charge is 2.32. The van der Waals surface area contributed by atoms with E-state index < -0.39 is 41.7 Å². The fraction of sp³-hybridized carbons (Fsp3) is 0.500. The van der Waals surface area contributed by atoms with E-state index in [9.17, 15) is 19.2 Å². The number of imide groups is 1. The van der Waals surface area contributed by atoms with Gasteiger partial charge in [0.25, 0.3) is 0 Å². The molecule has 188 valence electrons. The molecule has 0 atom stereocenters. The minimum Gasteiger partial charge on any atom is -0.497 e. The summed E-state index contributed by atoms with van der Waals surface area (Å²) in [4.78, 5) is 49.9. The molecule has 0 aliphatic rings. The monoisotopic (exact) mass is 479 g/mol. The molecule has 34 heavy (non-hydrogen) atoms. The van der Waals surface area contributed by atoms with Crippen LogP contribution in [0.5, 0.6) is 5.75 Å². The van der Waals surface area contributed by atoms with Crippen molar-refractivity contribution in [1.29, 1.82) is 0 Å². The molecular weight excluding hydrogens is 446 g/mol. The Kier molecular flexibility index (Phi) is 9.66. The number of rotatable bonds is 7. The minimum atomic E-state index is -1.23. The first kappa shape index (κ1) is 28.5. The average molecular weight is 480 g/mol. The summed E-state index contributed by atoms with van der Waals surface area (Å²) < 4.78 is 20.7. The zero-order chi connectivity index (χ0) is 26.3. The van der Waals surface area contributed by atoms with Gasteiger partial charge in [-0.25, -0.2) is 19.3 Å². The normalized spacial score (nSPS) is 11.9. The number of ether oxygens (including phenoxy) is 4. The Morgan fingerprint density at radius 1 is 0.941 bits per heavy atom. The molecule has 0 radical (unpaired) electrons. The third kappa shape index (κ3) is 9.51. The quantitative estimate of drug-likeness (QED) is 0.344. The van der Waals surface area contributed by atoms with Gasteiger partial charge in [0, 0.05) is 5.57 Å². The van der Waals surface area contributed by atoms with E-state index in [2.05, 4.69) is 4.74 Å². The molecule has 0 saturated heterocycles. The highest BCUT2D eigenvalue weighted by molar-refractivity contribution is 5.98. The zero-order valence-corrected chi connectivity index (χ0v) is 20.9. The van der Waals surface area contributed by atoms with Gasteiger partial charge in [-0.15, -0.1) is 0 Å². The number of hydrogen-bond acceptors (Lipinski definition) is 8. The summed E-state index contributed by atoms with van der Waals surface area (Å²) in [6.07, 6.45) is -1.12. The van der Waals surface area contributed by atoms with Crippen molar-refractivity contribution in [2.75, 3.05) is 14.2 Å². The zero-order valence-electron chi connectivity index (χ0n) is 20.9. The fourth-order valence-electron chi connectivity index (χ4n) is 2.66. The third-order valence-corrected chi connectivity index (χ3v) is 4.03. The van der Waals surface area contributed by atoms with Crippen LogP contribution in [0.25, 0.3) is 6.08 Å². The Bertz CT molecular complexity index is 924. The van der Waals surface area contributed by atoms with Gasteiger partial charge in [0.1, 0.15) is 17.0 Å². The molecule has 0 aliphatic carbocycles. The molecular formula is C24H33NO9. The second-order valence-corrected chi connectivity index (χ2v) is 9.34. The van der Waals surface area contributed by atoms with E-state index in [-0.39, 0.29) is 12.1 Å². The summed E-state index contributed by atoms with van der Waals surface area (Å²) in [5.41, 5.74) is -1.13. The van der Waals surface area contributed by atoms with Crippen LogP contribution in [-0.4, -0.2) is 59.6 Å². The molecule has 1 aromatic carbocycles. The number of benzene rings is 1. The summed E-state index contributed by atoms with van der Waals surface area (Å²) >= 11 is 0. The van der Waals surface area contributed by atoms with Crippen LogP contribution in [-0.2, 0) is 30.3 Å². The van der Waals surface area contributed by atoms with Gasteiger partial charge >= 0.3 is 24.1 Å². The molecule has 10 nitrogen and oxygen atoms in total. The molecule has 1 aromatic rings. The van der Waals surface area contributed by atoms with Crippen LogP contribution >= 0.6 is 0 Å². The number of methoxy groups -OCH3 is 2. The maximum atomic E-state index is 12.9. The average Bonchev–Trinajstić information content (AvgIpc) is 2.68. The lowest BCUT2D eigenvalue weighted by Gasteiger charge is -2.29. The molecule has 0 heterocycles. The van der Waals surface area contributed by atoms with Crippen molar-refractivity contribution in [2.45, 2.75) is 65.7 Å². The number of carboxylic acid groups (broad SMARTS) is 1. The number of aliphatic carboxylic acids is 1. The highest BCUT2D eigenvalue weighted by atomic mass is 16.6. The molecule has 1 N–H and O–H groups in total. The van der Waals surface area contributed by atoms with E-state index in [1.807, 2.05) is 0 Å². The van der Waals surface area contributed by atoms with Gasteiger partial charge in [-0.2, -0.15) is 0 Å². The van der Waals surface area contributed by atoms with Gasteiger partial charge in [0.2, 0.25) is 0 Å². The van der Waals surface area contributed by atoms with Crippen molar-refractivity contribution in [1.82, 2.24) is 4.90 Å². The predicted octanol–water partition coefficient (Wildman–Crippen LogP) is 4.40. The SMILES string of the molecule is COC(=O)C(=Cc1ccc(OC)cc1CN(C(=O)OC(C)(C)C)C(=O)OC(C)(C)C)CC(=O)O. The molecule has 0 unspecified atom stereocenters. The lowest BCUT2D eigenvalue weighted by atomic mass is 10.0. The lowest BCUT2D eigenvalue weighted by molar-refractivity contribution is -0.141. The lowest BCUT2D eigenvalue weighted by Crippen LogP contribution is -2.43. The molecule has 0 aromatic heterocycles. The number of carboxylic acids is 1. The summed E-state index contributed by atoms with van der Waals surface area (Å²) in [5.74, 6) is -1.63. The molecule has 0 fully saturated rings. The Morgan fingerprint density at radius 3 is 1.88 bits per heavy atom. The first-order chi connectivity index (χ1) is 15.6.